The lowest BCUT2D eigenvalue weighted by atomic mass is 10.0. The summed E-state index contributed by atoms with van der Waals surface area (Å²) in [6.07, 6.45) is 2.56. The Balaban J connectivity index is 2.26. The van der Waals surface area contributed by atoms with Gasteiger partial charge in [-0.15, -0.1) is 0 Å². The third-order valence-electron chi connectivity index (χ3n) is 3.16. The van der Waals surface area contributed by atoms with Gasteiger partial charge in [-0.1, -0.05) is 13.8 Å². The van der Waals surface area contributed by atoms with Gasteiger partial charge in [-0.05, 0) is 32.6 Å². The normalized spacial score (nSPS) is 27.2. The minimum Gasteiger partial charge on any atom is -0.395 e. The van der Waals surface area contributed by atoms with Crippen LogP contribution in [0.15, 0.2) is 0 Å². The standard InChI is InChI=1S/C12H25NO2/c1-9(2)11(8-14)13-7-10-5-6-12(3,4)15-10/h9-11,13-14H,5-8H2,1-4H3/t10?,11-/m1/s1. The van der Waals surface area contributed by atoms with Gasteiger partial charge in [0.05, 0.1) is 18.3 Å². The van der Waals surface area contributed by atoms with Crippen molar-refractivity contribution in [1.29, 1.82) is 0 Å². The van der Waals surface area contributed by atoms with Crippen LogP contribution in [0.4, 0.5) is 0 Å². The van der Waals surface area contributed by atoms with E-state index in [9.17, 15) is 0 Å². The van der Waals surface area contributed by atoms with Crippen LogP contribution in [0.5, 0.6) is 0 Å². The van der Waals surface area contributed by atoms with E-state index in [1.165, 1.54) is 0 Å². The van der Waals surface area contributed by atoms with Crippen LogP contribution in [0.25, 0.3) is 0 Å². The number of hydrogen-bond donors (Lipinski definition) is 2. The average molecular weight is 215 g/mol. The second-order valence-corrected chi connectivity index (χ2v) is 5.48. The fraction of sp³-hybridized carbons (Fsp3) is 1.00. The molecule has 2 atom stereocenters. The molecule has 15 heavy (non-hydrogen) atoms. The van der Waals surface area contributed by atoms with Crippen molar-refractivity contribution in [3.63, 3.8) is 0 Å². The molecule has 3 heteroatoms. The van der Waals surface area contributed by atoms with Crippen LogP contribution in [0, 0.1) is 5.92 Å². The molecule has 90 valence electrons. The van der Waals surface area contributed by atoms with E-state index in [0.717, 1.165) is 19.4 Å². The van der Waals surface area contributed by atoms with Crippen LogP contribution in [0.1, 0.15) is 40.5 Å². The maximum absolute atomic E-state index is 9.17. The van der Waals surface area contributed by atoms with Crippen molar-refractivity contribution in [2.75, 3.05) is 13.2 Å². The quantitative estimate of drug-likeness (QED) is 0.731. The van der Waals surface area contributed by atoms with E-state index in [2.05, 4.69) is 33.0 Å². The first kappa shape index (κ1) is 12.9. The van der Waals surface area contributed by atoms with E-state index < -0.39 is 0 Å². The zero-order valence-electron chi connectivity index (χ0n) is 10.4. The van der Waals surface area contributed by atoms with Crippen molar-refractivity contribution >= 4 is 0 Å². The van der Waals surface area contributed by atoms with Crippen LogP contribution in [-0.4, -0.2) is 36.0 Å². The topological polar surface area (TPSA) is 41.5 Å². The molecule has 0 radical (unpaired) electrons. The van der Waals surface area contributed by atoms with Gasteiger partial charge in [0.1, 0.15) is 0 Å². The summed E-state index contributed by atoms with van der Waals surface area (Å²) in [4.78, 5) is 0. The predicted octanol–water partition coefficient (Wildman–Crippen LogP) is 1.55. The highest BCUT2D eigenvalue weighted by Crippen LogP contribution is 2.28. The van der Waals surface area contributed by atoms with Crippen LogP contribution < -0.4 is 5.32 Å². The van der Waals surface area contributed by atoms with Crippen molar-refractivity contribution in [3.05, 3.63) is 0 Å². The molecule has 1 saturated heterocycles. The van der Waals surface area contributed by atoms with Crippen LogP contribution in [-0.2, 0) is 4.74 Å². The highest BCUT2D eigenvalue weighted by molar-refractivity contribution is 4.83. The van der Waals surface area contributed by atoms with Gasteiger partial charge in [-0.3, -0.25) is 0 Å². The van der Waals surface area contributed by atoms with Crippen molar-refractivity contribution < 1.29 is 9.84 Å². The fourth-order valence-corrected chi connectivity index (χ4v) is 2.02. The molecule has 1 fully saturated rings. The Morgan fingerprint density at radius 2 is 2.13 bits per heavy atom. The smallest absolute Gasteiger partial charge is 0.0707 e. The molecule has 0 aliphatic carbocycles. The first-order valence-corrected chi connectivity index (χ1v) is 5.96. The Labute approximate surface area is 93.2 Å². The van der Waals surface area contributed by atoms with Gasteiger partial charge < -0.3 is 15.2 Å². The molecule has 0 bridgehead atoms. The molecule has 0 amide bonds. The van der Waals surface area contributed by atoms with Crippen LogP contribution >= 0.6 is 0 Å². The summed E-state index contributed by atoms with van der Waals surface area (Å²) in [5.74, 6) is 0.462. The molecule has 0 aromatic heterocycles. The summed E-state index contributed by atoms with van der Waals surface area (Å²) in [7, 11) is 0. The Kier molecular flexibility index (Phi) is 4.56. The van der Waals surface area contributed by atoms with Crippen molar-refractivity contribution in [3.8, 4) is 0 Å². The number of ether oxygens (including phenoxy) is 1. The number of aliphatic hydroxyl groups excluding tert-OH is 1. The molecule has 0 saturated carbocycles. The maximum atomic E-state index is 9.17. The summed E-state index contributed by atoms with van der Waals surface area (Å²) in [5, 5.41) is 12.5. The molecule has 3 nitrogen and oxygen atoms in total. The highest BCUT2D eigenvalue weighted by atomic mass is 16.5. The van der Waals surface area contributed by atoms with Gasteiger partial charge >= 0.3 is 0 Å². The van der Waals surface area contributed by atoms with E-state index >= 15 is 0 Å². The number of nitrogens with one attached hydrogen (secondary N) is 1. The molecule has 2 N–H and O–H groups in total. The molecule has 1 aliphatic heterocycles. The summed E-state index contributed by atoms with van der Waals surface area (Å²) >= 11 is 0. The average Bonchev–Trinajstić information content (AvgIpc) is 2.46. The van der Waals surface area contributed by atoms with Gasteiger partial charge in [0, 0.05) is 12.6 Å². The molecule has 1 heterocycles. The molecule has 1 aliphatic rings. The molecule has 0 aromatic rings. The number of hydrogen-bond acceptors (Lipinski definition) is 3. The SMILES string of the molecule is CC(C)[C@@H](CO)NCC1CCC(C)(C)O1. The largest absolute Gasteiger partial charge is 0.395 e. The van der Waals surface area contributed by atoms with Gasteiger partial charge in [0.2, 0.25) is 0 Å². The lowest BCUT2D eigenvalue weighted by Crippen LogP contribution is -2.41. The zero-order valence-corrected chi connectivity index (χ0v) is 10.4. The minimum atomic E-state index is 0.0406. The molecule has 1 rings (SSSR count). The van der Waals surface area contributed by atoms with E-state index in [1.54, 1.807) is 0 Å². The van der Waals surface area contributed by atoms with Gasteiger partial charge in [0.15, 0.2) is 0 Å². The summed E-state index contributed by atoms with van der Waals surface area (Å²) in [5.41, 5.74) is 0.0406. The fourth-order valence-electron chi connectivity index (χ4n) is 2.02. The second kappa shape index (κ2) is 5.28. The van der Waals surface area contributed by atoms with Gasteiger partial charge in [0.25, 0.3) is 0 Å². The van der Waals surface area contributed by atoms with Crippen LogP contribution in [0.3, 0.4) is 0 Å². The minimum absolute atomic E-state index is 0.0406. The van der Waals surface area contributed by atoms with Crippen LogP contribution in [0.2, 0.25) is 0 Å². The zero-order chi connectivity index (χ0) is 11.5. The Bertz CT molecular complexity index is 192. The monoisotopic (exact) mass is 215 g/mol. The Morgan fingerprint density at radius 1 is 1.47 bits per heavy atom. The summed E-state index contributed by atoms with van der Waals surface area (Å²) < 4.78 is 5.88. The Morgan fingerprint density at radius 3 is 2.53 bits per heavy atom. The lowest BCUT2D eigenvalue weighted by Gasteiger charge is -2.24. The van der Waals surface area contributed by atoms with E-state index in [-0.39, 0.29) is 18.2 Å². The Hall–Kier alpha value is -0.120. The summed E-state index contributed by atoms with van der Waals surface area (Å²) in [6, 6.07) is 0.192. The van der Waals surface area contributed by atoms with E-state index in [4.69, 9.17) is 9.84 Å². The first-order chi connectivity index (χ1) is 6.94. The van der Waals surface area contributed by atoms with E-state index in [1.807, 2.05) is 0 Å². The van der Waals surface area contributed by atoms with Crippen molar-refractivity contribution in [2.24, 2.45) is 5.92 Å². The van der Waals surface area contributed by atoms with Crippen molar-refractivity contribution in [2.45, 2.75) is 58.3 Å². The van der Waals surface area contributed by atoms with Gasteiger partial charge in [-0.2, -0.15) is 0 Å². The number of aliphatic hydroxyl groups is 1. The molecule has 1 unspecified atom stereocenters. The molecule has 0 spiro atoms. The van der Waals surface area contributed by atoms with E-state index in [0.29, 0.717) is 12.0 Å². The molecular weight excluding hydrogens is 190 g/mol. The maximum Gasteiger partial charge on any atom is 0.0707 e. The second-order valence-electron chi connectivity index (χ2n) is 5.48. The third kappa shape index (κ3) is 4.09. The van der Waals surface area contributed by atoms with Gasteiger partial charge in [-0.25, -0.2) is 0 Å². The molecular formula is C12H25NO2. The first-order valence-electron chi connectivity index (χ1n) is 5.96. The van der Waals surface area contributed by atoms with Crippen molar-refractivity contribution in [1.82, 2.24) is 5.32 Å². The summed E-state index contributed by atoms with van der Waals surface area (Å²) in [6.45, 7) is 9.57. The highest BCUT2D eigenvalue weighted by Gasteiger charge is 2.31. The lowest BCUT2D eigenvalue weighted by molar-refractivity contribution is -0.0163. The number of rotatable bonds is 5. The third-order valence-corrected chi connectivity index (χ3v) is 3.16. The predicted molar refractivity (Wildman–Crippen MR) is 61.9 cm³/mol. The molecule has 0 aromatic carbocycles.